The van der Waals surface area contributed by atoms with Gasteiger partial charge in [-0.3, -0.25) is 0 Å². The van der Waals surface area contributed by atoms with E-state index in [4.69, 9.17) is 4.98 Å². The maximum Gasteiger partial charge on any atom is 0.131 e. The fourth-order valence-electron chi connectivity index (χ4n) is 2.32. The lowest BCUT2D eigenvalue weighted by Gasteiger charge is -2.31. The molecule has 1 heterocycles. The number of nitrogens with zero attached hydrogens (tertiary/aromatic N) is 3. The zero-order valence-electron chi connectivity index (χ0n) is 14.3. The van der Waals surface area contributed by atoms with Gasteiger partial charge in [-0.25, -0.2) is 9.97 Å². The third-order valence-electron chi connectivity index (χ3n) is 4.47. The van der Waals surface area contributed by atoms with E-state index in [2.05, 4.69) is 56.9 Å². The molecular weight excluding hydrogens is 260 g/mol. The molecule has 1 aliphatic carbocycles. The predicted octanol–water partition coefficient (Wildman–Crippen LogP) is 3.33. The van der Waals surface area contributed by atoms with E-state index in [1.165, 1.54) is 12.8 Å². The van der Waals surface area contributed by atoms with Gasteiger partial charge in [0.1, 0.15) is 5.82 Å². The quantitative estimate of drug-likeness (QED) is 0.836. The van der Waals surface area contributed by atoms with Crippen LogP contribution in [0.1, 0.15) is 64.9 Å². The van der Waals surface area contributed by atoms with Crippen molar-refractivity contribution in [3.63, 3.8) is 0 Å². The summed E-state index contributed by atoms with van der Waals surface area (Å²) >= 11 is 0. The van der Waals surface area contributed by atoms with Crippen molar-refractivity contribution >= 4 is 5.69 Å². The molecule has 2 rings (SSSR count). The second-order valence-corrected chi connectivity index (χ2v) is 6.97. The van der Waals surface area contributed by atoms with Gasteiger partial charge in [-0.2, -0.15) is 0 Å². The molecule has 0 aliphatic heterocycles. The Balaban J connectivity index is 2.24. The van der Waals surface area contributed by atoms with Gasteiger partial charge in [0.25, 0.3) is 0 Å². The van der Waals surface area contributed by atoms with Gasteiger partial charge in [-0.15, -0.1) is 0 Å². The summed E-state index contributed by atoms with van der Waals surface area (Å²) in [6.07, 6.45) is 4.61. The van der Waals surface area contributed by atoms with Crippen molar-refractivity contribution in [2.75, 3.05) is 11.9 Å². The molecule has 4 heteroatoms. The first kappa shape index (κ1) is 16.2. The summed E-state index contributed by atoms with van der Waals surface area (Å²) in [4.78, 5) is 11.7. The maximum absolute atomic E-state index is 4.82. The Labute approximate surface area is 129 Å². The minimum atomic E-state index is 0.367. The number of aromatic nitrogens is 2. The lowest BCUT2D eigenvalue weighted by atomic mass is 10.0. The molecule has 1 saturated carbocycles. The van der Waals surface area contributed by atoms with Crippen LogP contribution in [-0.2, 0) is 6.54 Å². The van der Waals surface area contributed by atoms with Crippen molar-refractivity contribution in [2.45, 2.75) is 72.0 Å². The number of rotatable bonds is 7. The Hall–Kier alpha value is -1.16. The van der Waals surface area contributed by atoms with Gasteiger partial charge in [0.15, 0.2) is 0 Å². The minimum absolute atomic E-state index is 0.367. The molecule has 1 aromatic heterocycles. The van der Waals surface area contributed by atoms with Gasteiger partial charge in [-0.05, 0) is 25.7 Å². The van der Waals surface area contributed by atoms with Crippen molar-refractivity contribution < 1.29 is 0 Å². The van der Waals surface area contributed by atoms with E-state index in [0.717, 1.165) is 23.8 Å². The van der Waals surface area contributed by atoms with Crippen LogP contribution in [0.2, 0.25) is 0 Å². The first-order valence-electron chi connectivity index (χ1n) is 8.22. The van der Waals surface area contributed by atoms with Crippen LogP contribution in [0.4, 0.5) is 5.69 Å². The maximum atomic E-state index is 4.82. The smallest absolute Gasteiger partial charge is 0.131 e. The van der Waals surface area contributed by atoms with E-state index in [9.17, 15) is 0 Å². The van der Waals surface area contributed by atoms with Crippen LogP contribution < -0.4 is 10.2 Å². The fourth-order valence-corrected chi connectivity index (χ4v) is 2.32. The third-order valence-corrected chi connectivity index (χ3v) is 4.47. The molecule has 1 atom stereocenters. The Morgan fingerprint density at radius 1 is 1.24 bits per heavy atom. The largest absolute Gasteiger partial charge is 0.369 e. The molecule has 0 bridgehead atoms. The highest BCUT2D eigenvalue weighted by atomic mass is 15.2. The topological polar surface area (TPSA) is 41.1 Å². The molecule has 0 saturated heterocycles. The fraction of sp³-hybridized carbons (Fsp3) is 0.765. The van der Waals surface area contributed by atoms with E-state index in [-0.39, 0.29) is 0 Å². The summed E-state index contributed by atoms with van der Waals surface area (Å²) in [5.74, 6) is 1.91. The Bertz CT molecular complexity index is 466. The molecule has 118 valence electrons. The number of hydrogen-bond acceptors (Lipinski definition) is 4. The summed E-state index contributed by atoms with van der Waals surface area (Å²) in [6, 6.07) is 1.17. The van der Waals surface area contributed by atoms with Gasteiger partial charge in [-0.1, -0.05) is 27.7 Å². The van der Waals surface area contributed by atoms with Gasteiger partial charge in [0.2, 0.25) is 0 Å². The van der Waals surface area contributed by atoms with Crippen LogP contribution in [0.3, 0.4) is 0 Å². The number of hydrogen-bond donors (Lipinski definition) is 1. The summed E-state index contributed by atoms with van der Waals surface area (Å²) in [7, 11) is 2.15. The summed E-state index contributed by atoms with van der Waals surface area (Å²) in [5.41, 5.74) is 2.30. The Morgan fingerprint density at radius 2 is 1.90 bits per heavy atom. The summed E-state index contributed by atoms with van der Waals surface area (Å²) < 4.78 is 0. The summed E-state index contributed by atoms with van der Waals surface area (Å²) in [5, 5.41) is 3.59. The second-order valence-electron chi connectivity index (χ2n) is 6.97. The van der Waals surface area contributed by atoms with Gasteiger partial charge in [0.05, 0.1) is 17.6 Å². The van der Waals surface area contributed by atoms with E-state index < -0.39 is 0 Å². The normalized spacial score (nSPS) is 16.6. The van der Waals surface area contributed by atoms with Gasteiger partial charge >= 0.3 is 0 Å². The van der Waals surface area contributed by atoms with Crippen molar-refractivity contribution in [3.8, 4) is 0 Å². The molecule has 1 fully saturated rings. The second kappa shape index (κ2) is 6.73. The minimum Gasteiger partial charge on any atom is -0.369 e. The molecule has 0 radical (unpaired) electrons. The van der Waals surface area contributed by atoms with Crippen molar-refractivity contribution in [2.24, 2.45) is 5.92 Å². The first-order chi connectivity index (χ1) is 9.90. The van der Waals surface area contributed by atoms with Crippen molar-refractivity contribution in [1.82, 2.24) is 15.3 Å². The van der Waals surface area contributed by atoms with E-state index in [1.54, 1.807) is 0 Å². The standard InChI is InChI=1S/C17H30N4/c1-11(2)13(5)21(6)16-10-19-17(12(3)4)20-15(16)9-18-14-7-8-14/h10-14,18H,7-9H2,1-6H3. The predicted molar refractivity (Wildman–Crippen MR) is 88.7 cm³/mol. The molecule has 0 spiro atoms. The van der Waals surface area contributed by atoms with Crippen LogP contribution in [0.15, 0.2) is 6.20 Å². The average molecular weight is 290 g/mol. The first-order valence-corrected chi connectivity index (χ1v) is 8.22. The molecule has 21 heavy (non-hydrogen) atoms. The highest BCUT2D eigenvalue weighted by Gasteiger charge is 2.23. The van der Waals surface area contributed by atoms with Crippen LogP contribution in [0, 0.1) is 5.92 Å². The third kappa shape index (κ3) is 4.16. The molecule has 0 aromatic carbocycles. The average Bonchev–Trinajstić information content (AvgIpc) is 3.27. The molecule has 1 aromatic rings. The molecular formula is C17H30N4. The summed E-state index contributed by atoms with van der Waals surface area (Å²) in [6.45, 7) is 11.9. The lowest BCUT2D eigenvalue weighted by Crippen LogP contribution is -2.35. The Kier molecular flexibility index (Phi) is 5.20. The number of nitrogens with one attached hydrogen (secondary N) is 1. The van der Waals surface area contributed by atoms with Crippen molar-refractivity contribution in [3.05, 3.63) is 17.7 Å². The SMILES string of the molecule is CC(C)c1ncc(N(C)C(C)C(C)C)c(CNC2CC2)n1. The molecule has 1 N–H and O–H groups in total. The lowest BCUT2D eigenvalue weighted by molar-refractivity contribution is 0.502. The van der Waals surface area contributed by atoms with Crippen LogP contribution >= 0.6 is 0 Å². The molecule has 4 nitrogen and oxygen atoms in total. The Morgan fingerprint density at radius 3 is 2.43 bits per heavy atom. The van der Waals surface area contributed by atoms with E-state index >= 15 is 0 Å². The van der Waals surface area contributed by atoms with E-state index in [1.807, 2.05) is 6.20 Å². The number of anilines is 1. The highest BCUT2D eigenvalue weighted by molar-refractivity contribution is 5.49. The van der Waals surface area contributed by atoms with Crippen LogP contribution in [0.25, 0.3) is 0 Å². The highest BCUT2D eigenvalue weighted by Crippen LogP contribution is 2.25. The molecule has 1 aliphatic rings. The molecule has 0 amide bonds. The van der Waals surface area contributed by atoms with Crippen molar-refractivity contribution in [1.29, 1.82) is 0 Å². The zero-order chi connectivity index (χ0) is 15.6. The molecule has 1 unspecified atom stereocenters. The van der Waals surface area contributed by atoms with Gasteiger partial charge in [0, 0.05) is 31.6 Å². The van der Waals surface area contributed by atoms with Gasteiger partial charge < -0.3 is 10.2 Å². The van der Waals surface area contributed by atoms with Crippen LogP contribution in [-0.4, -0.2) is 29.1 Å². The van der Waals surface area contributed by atoms with Crippen LogP contribution in [0.5, 0.6) is 0 Å². The zero-order valence-corrected chi connectivity index (χ0v) is 14.3. The van der Waals surface area contributed by atoms with E-state index in [0.29, 0.717) is 23.9 Å². The monoisotopic (exact) mass is 290 g/mol.